The van der Waals surface area contributed by atoms with E-state index < -0.39 is 36.2 Å². The number of hydrogen-bond donors (Lipinski definition) is 1. The van der Waals surface area contributed by atoms with E-state index in [2.05, 4.69) is 4.98 Å². The van der Waals surface area contributed by atoms with Gasteiger partial charge in [0.2, 0.25) is 0 Å². The molecule has 0 saturated carbocycles. The molecule has 5 rings (SSSR count). The molecule has 0 radical (unpaired) electrons. The third kappa shape index (κ3) is 7.58. The molecule has 2 saturated heterocycles. The molecule has 0 amide bonds. The maximum Gasteiger partial charge on any atom is 0.401 e. The number of nitrogens with zero attached hydrogens (tertiary/aromatic N) is 3. The fourth-order valence-corrected chi connectivity index (χ4v) is 6.00. The fourth-order valence-electron chi connectivity index (χ4n) is 6.00. The standard InChI is InChI=1S/C32H34F5N3O4/c1-43-28-14-22(20-5-10-39(11-6-20)19-32(35,36)37)2-3-24(28)18-44-30-26(16-25(33)17-27(30)34)23-4-9-38-29(15-23)40-12-7-21(8-13-40)31(41)42/h2-4,9,14-17,20-21H,5-8,10-13,18-19H2,1H3,(H,41,42). The average molecular weight is 620 g/mol. The van der Waals surface area contributed by atoms with E-state index in [0.717, 1.165) is 11.6 Å². The molecule has 3 heterocycles. The van der Waals surface area contributed by atoms with Gasteiger partial charge in [-0.3, -0.25) is 9.69 Å². The van der Waals surface area contributed by atoms with Crippen molar-refractivity contribution in [2.45, 2.75) is 44.4 Å². The Morgan fingerprint density at radius 2 is 1.73 bits per heavy atom. The smallest absolute Gasteiger partial charge is 0.401 e. The molecule has 0 unspecified atom stereocenters. The van der Waals surface area contributed by atoms with E-state index in [4.69, 9.17) is 9.47 Å². The number of halogens is 5. The van der Waals surface area contributed by atoms with Crippen LogP contribution in [-0.4, -0.2) is 67.0 Å². The van der Waals surface area contributed by atoms with Crippen LogP contribution in [0.4, 0.5) is 27.8 Å². The Morgan fingerprint density at radius 3 is 2.39 bits per heavy atom. The summed E-state index contributed by atoms with van der Waals surface area (Å²) in [5.41, 5.74) is 2.26. The van der Waals surface area contributed by atoms with Crippen LogP contribution in [0.5, 0.6) is 11.5 Å². The van der Waals surface area contributed by atoms with Gasteiger partial charge in [-0.1, -0.05) is 12.1 Å². The highest BCUT2D eigenvalue weighted by molar-refractivity contribution is 5.73. The molecule has 7 nitrogen and oxygen atoms in total. The van der Waals surface area contributed by atoms with Crippen LogP contribution in [0.25, 0.3) is 11.1 Å². The van der Waals surface area contributed by atoms with Crippen LogP contribution in [0, 0.1) is 17.6 Å². The van der Waals surface area contributed by atoms with E-state index in [0.29, 0.717) is 74.6 Å². The minimum absolute atomic E-state index is 0.0797. The third-order valence-electron chi connectivity index (χ3n) is 8.38. The lowest BCUT2D eigenvalue weighted by molar-refractivity contribution is -0.148. The van der Waals surface area contributed by atoms with Crippen molar-refractivity contribution in [2.75, 3.05) is 44.7 Å². The van der Waals surface area contributed by atoms with Crippen LogP contribution in [0.2, 0.25) is 0 Å². The van der Waals surface area contributed by atoms with Crippen molar-refractivity contribution in [1.29, 1.82) is 0 Å². The van der Waals surface area contributed by atoms with Gasteiger partial charge in [-0.2, -0.15) is 13.2 Å². The molecule has 2 aliphatic rings. The maximum atomic E-state index is 15.1. The Labute approximate surface area is 252 Å². The number of methoxy groups -OCH3 is 1. The molecule has 2 fully saturated rings. The Morgan fingerprint density at radius 1 is 1.00 bits per heavy atom. The molecule has 0 aliphatic carbocycles. The summed E-state index contributed by atoms with van der Waals surface area (Å²) in [5.74, 6) is -1.86. The number of carboxylic acids is 1. The van der Waals surface area contributed by atoms with Gasteiger partial charge in [0.05, 0.1) is 19.6 Å². The summed E-state index contributed by atoms with van der Waals surface area (Å²) < 4.78 is 79.4. The SMILES string of the molecule is COc1cc(C2CCN(CC(F)(F)F)CC2)ccc1COc1c(F)cc(F)cc1-c1ccnc(N2CCC(C(=O)O)CC2)c1. The predicted octanol–water partition coefficient (Wildman–Crippen LogP) is 6.66. The number of anilines is 1. The third-order valence-corrected chi connectivity index (χ3v) is 8.38. The first-order valence-corrected chi connectivity index (χ1v) is 14.5. The van der Waals surface area contributed by atoms with Crippen molar-refractivity contribution < 1.29 is 41.3 Å². The van der Waals surface area contributed by atoms with Crippen LogP contribution < -0.4 is 14.4 Å². The molecule has 1 aromatic heterocycles. The second-order valence-electron chi connectivity index (χ2n) is 11.3. The number of carbonyl (C=O) groups is 1. The lowest BCUT2D eigenvalue weighted by Gasteiger charge is -2.32. The molecule has 2 aliphatic heterocycles. The first kappa shape index (κ1) is 31.5. The molecular weight excluding hydrogens is 585 g/mol. The Bertz CT molecular complexity index is 1470. The van der Waals surface area contributed by atoms with Crippen LogP contribution in [0.3, 0.4) is 0 Å². The molecule has 0 spiro atoms. The summed E-state index contributed by atoms with van der Waals surface area (Å²) in [6, 6.07) is 10.8. The molecular formula is C32H34F5N3O4. The predicted molar refractivity (Wildman–Crippen MR) is 154 cm³/mol. The molecule has 1 N–H and O–H groups in total. The number of hydrogen-bond acceptors (Lipinski definition) is 6. The van der Waals surface area contributed by atoms with Crippen molar-refractivity contribution >= 4 is 11.8 Å². The van der Waals surface area contributed by atoms with E-state index in [1.165, 1.54) is 24.3 Å². The number of alkyl halides is 3. The monoisotopic (exact) mass is 619 g/mol. The van der Waals surface area contributed by atoms with Crippen molar-refractivity contribution in [2.24, 2.45) is 5.92 Å². The number of aromatic nitrogens is 1. The lowest BCUT2D eigenvalue weighted by atomic mass is 9.88. The number of piperidine rings is 2. The molecule has 44 heavy (non-hydrogen) atoms. The van der Waals surface area contributed by atoms with Crippen LogP contribution in [0.15, 0.2) is 48.7 Å². The summed E-state index contributed by atoms with van der Waals surface area (Å²) >= 11 is 0. The molecule has 0 bridgehead atoms. The zero-order valence-corrected chi connectivity index (χ0v) is 24.2. The number of rotatable bonds is 9. The fraction of sp³-hybridized carbons (Fsp3) is 0.438. The average Bonchev–Trinajstić information content (AvgIpc) is 3.00. The zero-order valence-electron chi connectivity index (χ0n) is 24.2. The molecule has 236 valence electrons. The van der Waals surface area contributed by atoms with Gasteiger partial charge in [-0.25, -0.2) is 13.8 Å². The molecule has 3 aromatic rings. The van der Waals surface area contributed by atoms with Crippen LogP contribution >= 0.6 is 0 Å². The van der Waals surface area contributed by atoms with Crippen LogP contribution in [-0.2, 0) is 11.4 Å². The number of aliphatic carboxylic acids is 1. The Kier molecular flexibility index (Phi) is 9.57. The highest BCUT2D eigenvalue weighted by atomic mass is 19.4. The number of benzene rings is 2. The minimum atomic E-state index is -4.22. The Balaban J connectivity index is 1.31. The molecule has 0 atom stereocenters. The van der Waals surface area contributed by atoms with E-state index in [-0.39, 0.29) is 23.8 Å². The number of ether oxygens (including phenoxy) is 2. The minimum Gasteiger partial charge on any atom is -0.496 e. The number of pyridine rings is 1. The number of carboxylic acid groups (broad SMARTS) is 1. The topological polar surface area (TPSA) is 75.1 Å². The van der Waals surface area contributed by atoms with Gasteiger partial charge < -0.3 is 19.5 Å². The van der Waals surface area contributed by atoms with E-state index in [1.807, 2.05) is 17.0 Å². The number of likely N-dealkylation sites (tertiary alicyclic amines) is 1. The summed E-state index contributed by atoms with van der Waals surface area (Å²) in [7, 11) is 1.50. The normalized spacial score (nSPS) is 17.1. The largest absolute Gasteiger partial charge is 0.496 e. The van der Waals surface area contributed by atoms with E-state index >= 15 is 4.39 Å². The summed E-state index contributed by atoms with van der Waals surface area (Å²) in [6.07, 6.45) is -0.558. The highest BCUT2D eigenvalue weighted by Gasteiger charge is 2.33. The van der Waals surface area contributed by atoms with Crippen LogP contribution in [0.1, 0.15) is 42.7 Å². The summed E-state index contributed by atoms with van der Waals surface area (Å²) in [6.45, 7) is 0.702. The second-order valence-corrected chi connectivity index (χ2v) is 11.3. The van der Waals surface area contributed by atoms with Crippen molar-refractivity contribution in [3.63, 3.8) is 0 Å². The van der Waals surface area contributed by atoms with Gasteiger partial charge in [-0.05, 0) is 80.1 Å². The Hall–Kier alpha value is -3.93. The second kappa shape index (κ2) is 13.4. The summed E-state index contributed by atoms with van der Waals surface area (Å²) in [5, 5.41) is 9.29. The summed E-state index contributed by atoms with van der Waals surface area (Å²) in [4.78, 5) is 19.1. The lowest BCUT2D eigenvalue weighted by Crippen LogP contribution is -2.39. The molecule has 2 aromatic carbocycles. The van der Waals surface area contributed by atoms with Crippen molar-refractivity contribution in [3.8, 4) is 22.6 Å². The van der Waals surface area contributed by atoms with E-state index in [1.54, 1.807) is 18.2 Å². The van der Waals surface area contributed by atoms with Gasteiger partial charge in [0.25, 0.3) is 0 Å². The first-order valence-electron chi connectivity index (χ1n) is 14.5. The van der Waals surface area contributed by atoms with Gasteiger partial charge in [0, 0.05) is 36.5 Å². The van der Waals surface area contributed by atoms with Crippen molar-refractivity contribution in [1.82, 2.24) is 9.88 Å². The highest BCUT2D eigenvalue weighted by Crippen LogP contribution is 2.37. The van der Waals surface area contributed by atoms with Gasteiger partial charge in [0.15, 0.2) is 11.6 Å². The molecule has 12 heteroatoms. The maximum absolute atomic E-state index is 15.1. The van der Waals surface area contributed by atoms with Gasteiger partial charge >= 0.3 is 12.1 Å². The van der Waals surface area contributed by atoms with Crippen molar-refractivity contribution in [3.05, 3.63) is 71.4 Å². The quantitative estimate of drug-likeness (QED) is 0.269. The first-order chi connectivity index (χ1) is 21.0. The van der Waals surface area contributed by atoms with Gasteiger partial charge in [-0.15, -0.1) is 0 Å². The zero-order chi connectivity index (χ0) is 31.4. The van der Waals surface area contributed by atoms with Gasteiger partial charge in [0.1, 0.15) is 24.0 Å². The van der Waals surface area contributed by atoms with E-state index in [9.17, 15) is 27.5 Å².